The van der Waals surface area contributed by atoms with Crippen LogP contribution in [0.2, 0.25) is 0 Å². The fraction of sp³-hybridized carbons (Fsp3) is 0.200. The molecule has 1 amide bonds. The van der Waals surface area contributed by atoms with Gasteiger partial charge in [-0.1, -0.05) is 0 Å². The summed E-state index contributed by atoms with van der Waals surface area (Å²) in [5, 5.41) is 2.69. The molecule has 6 heteroatoms. The molecule has 84 valence electrons. The fourth-order valence-electron chi connectivity index (χ4n) is 1.38. The van der Waals surface area contributed by atoms with Gasteiger partial charge < -0.3 is 16.8 Å². The first-order valence-corrected chi connectivity index (χ1v) is 5.67. The molecule has 5 nitrogen and oxygen atoms in total. The number of amides is 1. The number of nitrogens with one attached hydrogen (secondary N) is 1. The molecule has 0 spiro atoms. The van der Waals surface area contributed by atoms with Gasteiger partial charge in [0.25, 0.3) is 5.91 Å². The first-order chi connectivity index (χ1) is 7.74. The summed E-state index contributed by atoms with van der Waals surface area (Å²) in [6.07, 6.45) is 1.66. The van der Waals surface area contributed by atoms with Crippen LogP contribution in [0.3, 0.4) is 0 Å². The van der Waals surface area contributed by atoms with Gasteiger partial charge in [-0.05, 0) is 12.1 Å². The van der Waals surface area contributed by atoms with E-state index in [1.807, 2.05) is 12.1 Å². The second kappa shape index (κ2) is 4.46. The van der Waals surface area contributed by atoms with Crippen molar-refractivity contribution < 1.29 is 4.79 Å². The molecule has 0 unspecified atom stereocenters. The van der Waals surface area contributed by atoms with Crippen LogP contribution < -0.4 is 16.8 Å². The van der Waals surface area contributed by atoms with E-state index in [1.54, 1.807) is 6.20 Å². The molecule has 5 N–H and O–H groups in total. The Labute approximate surface area is 96.5 Å². The zero-order valence-corrected chi connectivity index (χ0v) is 9.38. The zero-order valence-electron chi connectivity index (χ0n) is 8.56. The molecule has 2 aromatic rings. The lowest BCUT2D eigenvalue weighted by molar-refractivity contribution is 0.0959. The van der Waals surface area contributed by atoms with Gasteiger partial charge in [0.1, 0.15) is 10.4 Å². The lowest BCUT2D eigenvalue weighted by atomic mass is 10.3. The fourth-order valence-corrected chi connectivity index (χ4v) is 2.38. The first kappa shape index (κ1) is 10.8. The number of carbonyl (C=O) groups is 1. The summed E-state index contributed by atoms with van der Waals surface area (Å²) in [5.74, 6) is -0.189. The molecule has 0 fully saturated rings. The molecule has 0 aliphatic carbocycles. The number of nitrogens with two attached hydrogens (primary N) is 2. The molecule has 0 saturated heterocycles. The van der Waals surface area contributed by atoms with Crippen molar-refractivity contribution in [2.45, 2.75) is 0 Å². The predicted octanol–water partition coefficient (Wildman–Crippen LogP) is 0.567. The van der Waals surface area contributed by atoms with Gasteiger partial charge in [0.15, 0.2) is 0 Å². The second-order valence-electron chi connectivity index (χ2n) is 3.24. The number of anilines is 1. The molecule has 0 atom stereocenters. The third kappa shape index (κ3) is 1.84. The number of nitrogens with zero attached hydrogens (tertiary/aromatic N) is 1. The van der Waals surface area contributed by atoms with E-state index >= 15 is 0 Å². The van der Waals surface area contributed by atoms with E-state index in [9.17, 15) is 4.79 Å². The summed E-state index contributed by atoms with van der Waals surface area (Å²) in [6.45, 7) is 0.856. The SMILES string of the molecule is NCCNC(=O)c1sc2cccnc2c1N. The lowest BCUT2D eigenvalue weighted by Gasteiger charge is -2.01. The Hall–Kier alpha value is -1.66. The van der Waals surface area contributed by atoms with E-state index in [1.165, 1.54) is 11.3 Å². The number of nitrogen functional groups attached to an aromatic ring is 1. The van der Waals surface area contributed by atoms with Crippen molar-refractivity contribution >= 4 is 33.1 Å². The second-order valence-corrected chi connectivity index (χ2v) is 4.29. The summed E-state index contributed by atoms with van der Waals surface area (Å²) in [4.78, 5) is 16.4. The van der Waals surface area contributed by atoms with Crippen molar-refractivity contribution in [3.05, 3.63) is 23.2 Å². The highest BCUT2D eigenvalue weighted by Gasteiger charge is 2.16. The molecule has 2 rings (SSSR count). The van der Waals surface area contributed by atoms with Crippen molar-refractivity contribution in [3.63, 3.8) is 0 Å². The van der Waals surface area contributed by atoms with E-state index in [-0.39, 0.29) is 5.91 Å². The lowest BCUT2D eigenvalue weighted by Crippen LogP contribution is -2.28. The summed E-state index contributed by atoms with van der Waals surface area (Å²) in [6, 6.07) is 3.71. The van der Waals surface area contributed by atoms with Crippen LogP contribution in [-0.4, -0.2) is 24.0 Å². The van der Waals surface area contributed by atoms with Crippen LogP contribution in [0.1, 0.15) is 9.67 Å². The van der Waals surface area contributed by atoms with E-state index in [0.29, 0.717) is 29.2 Å². The van der Waals surface area contributed by atoms with Gasteiger partial charge in [0, 0.05) is 19.3 Å². The maximum atomic E-state index is 11.7. The quantitative estimate of drug-likeness (QED) is 0.726. The smallest absolute Gasteiger partial charge is 0.263 e. The average Bonchev–Trinajstić information content (AvgIpc) is 2.64. The van der Waals surface area contributed by atoms with Gasteiger partial charge in [0.2, 0.25) is 0 Å². The molecule has 0 saturated carbocycles. The van der Waals surface area contributed by atoms with E-state index in [0.717, 1.165) is 4.70 Å². The van der Waals surface area contributed by atoms with Crippen molar-refractivity contribution in [2.75, 3.05) is 18.8 Å². The van der Waals surface area contributed by atoms with Gasteiger partial charge in [0.05, 0.1) is 10.4 Å². The Morgan fingerprint density at radius 1 is 1.56 bits per heavy atom. The van der Waals surface area contributed by atoms with Crippen LogP contribution in [0, 0.1) is 0 Å². The van der Waals surface area contributed by atoms with Crippen LogP contribution in [0.15, 0.2) is 18.3 Å². The van der Waals surface area contributed by atoms with Crippen LogP contribution in [0.25, 0.3) is 10.2 Å². The maximum Gasteiger partial charge on any atom is 0.263 e. The first-order valence-electron chi connectivity index (χ1n) is 4.85. The summed E-state index contributed by atoms with van der Waals surface area (Å²) in [5.41, 5.74) is 12.3. The molecular formula is C10H12N4OS. The third-order valence-corrected chi connectivity index (χ3v) is 3.28. The number of hydrogen-bond donors (Lipinski definition) is 3. The minimum absolute atomic E-state index is 0.189. The van der Waals surface area contributed by atoms with Crippen LogP contribution in [-0.2, 0) is 0 Å². The number of carbonyl (C=O) groups excluding carboxylic acids is 1. The van der Waals surface area contributed by atoms with Crippen molar-refractivity contribution in [2.24, 2.45) is 5.73 Å². The van der Waals surface area contributed by atoms with Crippen LogP contribution in [0.5, 0.6) is 0 Å². The molecule has 0 aromatic carbocycles. The number of hydrogen-bond acceptors (Lipinski definition) is 5. The minimum Gasteiger partial charge on any atom is -0.396 e. The van der Waals surface area contributed by atoms with E-state index < -0.39 is 0 Å². The highest BCUT2D eigenvalue weighted by atomic mass is 32.1. The molecule has 16 heavy (non-hydrogen) atoms. The summed E-state index contributed by atoms with van der Waals surface area (Å²) >= 11 is 1.34. The maximum absolute atomic E-state index is 11.7. The molecular weight excluding hydrogens is 224 g/mol. The molecule has 2 aromatic heterocycles. The standard InChI is InChI=1S/C10H12N4OS/c11-3-5-14-10(15)9-7(12)8-6(16-9)2-1-4-13-8/h1-2,4H,3,5,11-12H2,(H,14,15). The predicted molar refractivity (Wildman–Crippen MR) is 65.4 cm³/mol. The Morgan fingerprint density at radius 3 is 3.06 bits per heavy atom. The Kier molecular flexibility index (Phi) is 3.02. The van der Waals surface area contributed by atoms with Crippen molar-refractivity contribution in [1.29, 1.82) is 0 Å². The normalized spacial score (nSPS) is 10.6. The number of fused-ring (bicyclic) bond motifs is 1. The van der Waals surface area contributed by atoms with E-state index in [4.69, 9.17) is 11.5 Å². The largest absolute Gasteiger partial charge is 0.396 e. The van der Waals surface area contributed by atoms with Gasteiger partial charge >= 0.3 is 0 Å². The Morgan fingerprint density at radius 2 is 2.38 bits per heavy atom. The number of rotatable bonds is 3. The third-order valence-electron chi connectivity index (χ3n) is 2.12. The highest BCUT2D eigenvalue weighted by molar-refractivity contribution is 7.21. The number of aromatic nitrogens is 1. The van der Waals surface area contributed by atoms with Crippen LogP contribution in [0.4, 0.5) is 5.69 Å². The van der Waals surface area contributed by atoms with Gasteiger partial charge in [-0.25, -0.2) is 0 Å². The molecule has 2 heterocycles. The topological polar surface area (TPSA) is 94.0 Å². The number of pyridine rings is 1. The van der Waals surface area contributed by atoms with Crippen molar-refractivity contribution in [1.82, 2.24) is 10.3 Å². The van der Waals surface area contributed by atoms with Crippen LogP contribution >= 0.6 is 11.3 Å². The molecule has 0 aliphatic rings. The van der Waals surface area contributed by atoms with Gasteiger partial charge in [-0.15, -0.1) is 11.3 Å². The minimum atomic E-state index is -0.189. The zero-order chi connectivity index (χ0) is 11.5. The molecule has 0 radical (unpaired) electrons. The van der Waals surface area contributed by atoms with Gasteiger partial charge in [-0.2, -0.15) is 0 Å². The van der Waals surface area contributed by atoms with Crippen molar-refractivity contribution in [3.8, 4) is 0 Å². The van der Waals surface area contributed by atoms with E-state index in [2.05, 4.69) is 10.3 Å². The Bertz CT molecular complexity index is 523. The number of thiophene rings is 1. The summed E-state index contributed by atoms with van der Waals surface area (Å²) < 4.78 is 0.915. The highest BCUT2D eigenvalue weighted by Crippen LogP contribution is 2.31. The Balaban J connectivity index is 2.37. The summed E-state index contributed by atoms with van der Waals surface area (Å²) in [7, 11) is 0. The van der Waals surface area contributed by atoms with Gasteiger partial charge in [-0.3, -0.25) is 9.78 Å². The molecule has 0 aliphatic heterocycles. The monoisotopic (exact) mass is 236 g/mol. The average molecular weight is 236 g/mol. The molecule has 0 bridgehead atoms.